The molecule has 5 heteroatoms. The lowest BCUT2D eigenvalue weighted by molar-refractivity contribution is 0.385. The molecule has 0 atom stereocenters. The van der Waals surface area contributed by atoms with Crippen LogP contribution in [0.15, 0.2) is 53.1 Å². The molecule has 1 fully saturated rings. The minimum absolute atomic E-state index is 0.593. The molecule has 134 valence electrons. The zero-order valence-corrected chi connectivity index (χ0v) is 15.0. The highest BCUT2D eigenvalue weighted by atomic mass is 16.5. The SMILES string of the molecule is COc1cccc(Cc2nc(-c3ccc(N4CCCCC4)cc3)no2)c1. The largest absolute Gasteiger partial charge is 0.497 e. The number of aromatic nitrogens is 2. The first-order chi connectivity index (χ1) is 12.8. The summed E-state index contributed by atoms with van der Waals surface area (Å²) in [6.45, 7) is 2.29. The number of nitrogens with zero attached hydrogens (tertiary/aromatic N) is 3. The van der Waals surface area contributed by atoms with Gasteiger partial charge in [0, 0.05) is 24.3 Å². The van der Waals surface area contributed by atoms with Crippen LogP contribution in [0.5, 0.6) is 5.75 Å². The molecular weight excluding hydrogens is 326 g/mol. The van der Waals surface area contributed by atoms with Crippen LogP contribution >= 0.6 is 0 Å². The van der Waals surface area contributed by atoms with Gasteiger partial charge in [0.1, 0.15) is 5.75 Å². The van der Waals surface area contributed by atoms with Crippen LogP contribution in [-0.4, -0.2) is 30.3 Å². The minimum Gasteiger partial charge on any atom is -0.497 e. The molecule has 0 amide bonds. The lowest BCUT2D eigenvalue weighted by Gasteiger charge is -2.28. The van der Waals surface area contributed by atoms with Gasteiger partial charge in [-0.3, -0.25) is 0 Å². The Labute approximate surface area is 153 Å². The van der Waals surface area contributed by atoms with Crippen molar-refractivity contribution in [2.75, 3.05) is 25.1 Å². The van der Waals surface area contributed by atoms with Gasteiger partial charge in [-0.2, -0.15) is 4.98 Å². The Hall–Kier alpha value is -2.82. The summed E-state index contributed by atoms with van der Waals surface area (Å²) in [6, 6.07) is 16.3. The van der Waals surface area contributed by atoms with Crippen molar-refractivity contribution < 1.29 is 9.26 Å². The van der Waals surface area contributed by atoms with Crippen LogP contribution in [0.1, 0.15) is 30.7 Å². The maximum absolute atomic E-state index is 5.43. The average molecular weight is 349 g/mol. The van der Waals surface area contributed by atoms with E-state index in [0.29, 0.717) is 18.1 Å². The highest BCUT2D eigenvalue weighted by Gasteiger charge is 2.13. The first-order valence-corrected chi connectivity index (χ1v) is 9.13. The van der Waals surface area contributed by atoms with Gasteiger partial charge in [-0.1, -0.05) is 17.3 Å². The number of piperidine rings is 1. The number of hydrogen-bond acceptors (Lipinski definition) is 5. The van der Waals surface area contributed by atoms with Crippen molar-refractivity contribution in [1.29, 1.82) is 0 Å². The van der Waals surface area contributed by atoms with Crippen LogP contribution in [-0.2, 0) is 6.42 Å². The summed E-state index contributed by atoms with van der Waals surface area (Å²) in [5, 5.41) is 4.14. The van der Waals surface area contributed by atoms with Crippen LogP contribution in [0.25, 0.3) is 11.4 Å². The molecule has 0 bridgehead atoms. The van der Waals surface area contributed by atoms with Gasteiger partial charge < -0.3 is 14.2 Å². The van der Waals surface area contributed by atoms with Crippen LogP contribution in [0.3, 0.4) is 0 Å². The molecule has 0 radical (unpaired) electrons. The molecule has 0 saturated carbocycles. The van der Waals surface area contributed by atoms with Crippen LogP contribution in [0.2, 0.25) is 0 Å². The van der Waals surface area contributed by atoms with Crippen LogP contribution in [0.4, 0.5) is 5.69 Å². The Morgan fingerprint density at radius 2 is 1.85 bits per heavy atom. The fourth-order valence-corrected chi connectivity index (χ4v) is 3.37. The lowest BCUT2D eigenvalue weighted by Crippen LogP contribution is -2.29. The maximum atomic E-state index is 5.43. The maximum Gasteiger partial charge on any atom is 0.231 e. The van der Waals surface area contributed by atoms with E-state index in [1.807, 2.05) is 24.3 Å². The molecule has 5 nitrogen and oxygen atoms in total. The molecule has 0 unspecified atom stereocenters. The number of methoxy groups -OCH3 is 1. The minimum atomic E-state index is 0.593. The van der Waals surface area contributed by atoms with Gasteiger partial charge in [0.2, 0.25) is 11.7 Å². The highest BCUT2D eigenvalue weighted by molar-refractivity contribution is 5.60. The predicted octanol–water partition coefficient (Wildman–Crippen LogP) is 4.33. The van der Waals surface area contributed by atoms with Gasteiger partial charge in [0.15, 0.2) is 0 Å². The number of hydrogen-bond donors (Lipinski definition) is 0. The van der Waals surface area contributed by atoms with Gasteiger partial charge >= 0.3 is 0 Å². The quantitative estimate of drug-likeness (QED) is 0.686. The zero-order chi connectivity index (χ0) is 17.8. The molecule has 26 heavy (non-hydrogen) atoms. The molecule has 1 aliphatic rings. The van der Waals surface area contributed by atoms with Crippen molar-refractivity contribution in [2.24, 2.45) is 0 Å². The highest BCUT2D eigenvalue weighted by Crippen LogP contribution is 2.24. The Bertz CT molecular complexity index is 852. The monoisotopic (exact) mass is 349 g/mol. The lowest BCUT2D eigenvalue weighted by atomic mass is 10.1. The Morgan fingerprint density at radius 1 is 1.04 bits per heavy atom. The molecule has 0 spiro atoms. The normalized spacial score (nSPS) is 14.4. The molecular formula is C21H23N3O2. The van der Waals surface area contributed by atoms with Crippen molar-refractivity contribution in [1.82, 2.24) is 10.1 Å². The second-order valence-electron chi connectivity index (χ2n) is 6.63. The van der Waals surface area contributed by atoms with Crippen LogP contribution < -0.4 is 9.64 Å². The fraction of sp³-hybridized carbons (Fsp3) is 0.333. The number of benzene rings is 2. The van der Waals surface area contributed by atoms with E-state index < -0.39 is 0 Å². The number of anilines is 1. The Kier molecular flexibility index (Phi) is 4.86. The summed E-state index contributed by atoms with van der Waals surface area (Å²) in [5.74, 6) is 2.07. The van der Waals surface area contributed by atoms with Gasteiger partial charge in [-0.15, -0.1) is 0 Å². The molecule has 2 aromatic carbocycles. The Morgan fingerprint density at radius 3 is 2.62 bits per heavy atom. The van der Waals surface area contributed by atoms with Gasteiger partial charge in [0.05, 0.1) is 13.5 Å². The average Bonchev–Trinajstić information content (AvgIpc) is 3.17. The summed E-state index contributed by atoms with van der Waals surface area (Å²) in [5.41, 5.74) is 3.33. The summed E-state index contributed by atoms with van der Waals surface area (Å²) in [4.78, 5) is 6.98. The van der Waals surface area contributed by atoms with Crippen LogP contribution in [0, 0.1) is 0 Å². The molecule has 1 aliphatic heterocycles. The summed E-state index contributed by atoms with van der Waals surface area (Å²) < 4.78 is 10.7. The molecule has 4 rings (SSSR count). The predicted molar refractivity (Wildman–Crippen MR) is 102 cm³/mol. The second-order valence-corrected chi connectivity index (χ2v) is 6.63. The van der Waals surface area contributed by atoms with E-state index in [1.165, 1.54) is 24.9 Å². The summed E-state index contributed by atoms with van der Waals surface area (Å²) in [6.07, 6.45) is 4.49. The van der Waals surface area contributed by atoms with E-state index in [-0.39, 0.29) is 0 Å². The third-order valence-corrected chi connectivity index (χ3v) is 4.80. The van der Waals surface area contributed by atoms with Crippen molar-refractivity contribution in [3.8, 4) is 17.1 Å². The molecule has 1 saturated heterocycles. The third kappa shape index (κ3) is 3.72. The van der Waals surface area contributed by atoms with Crippen molar-refractivity contribution in [3.63, 3.8) is 0 Å². The number of rotatable bonds is 5. The topological polar surface area (TPSA) is 51.4 Å². The van der Waals surface area contributed by atoms with E-state index in [2.05, 4.69) is 39.3 Å². The summed E-state index contributed by atoms with van der Waals surface area (Å²) in [7, 11) is 1.66. The van der Waals surface area contributed by atoms with E-state index >= 15 is 0 Å². The first-order valence-electron chi connectivity index (χ1n) is 9.13. The van der Waals surface area contributed by atoms with Gasteiger partial charge in [-0.25, -0.2) is 0 Å². The second kappa shape index (κ2) is 7.60. The molecule has 1 aromatic heterocycles. The van der Waals surface area contributed by atoms with Crippen molar-refractivity contribution in [2.45, 2.75) is 25.7 Å². The first kappa shape index (κ1) is 16.6. The standard InChI is InChI=1S/C21H23N3O2/c1-25-19-7-5-6-16(14-19)15-20-22-21(23-26-20)17-8-10-18(11-9-17)24-12-3-2-4-13-24/h5-11,14H,2-4,12-13,15H2,1H3. The Balaban J connectivity index is 1.47. The van der Waals surface area contributed by atoms with Crippen molar-refractivity contribution in [3.05, 3.63) is 60.0 Å². The van der Waals surface area contributed by atoms with Crippen molar-refractivity contribution >= 4 is 5.69 Å². The van der Waals surface area contributed by atoms with Gasteiger partial charge in [0.25, 0.3) is 0 Å². The zero-order valence-electron chi connectivity index (χ0n) is 15.0. The fourth-order valence-electron chi connectivity index (χ4n) is 3.37. The van der Waals surface area contributed by atoms with E-state index in [1.54, 1.807) is 7.11 Å². The molecule has 3 aromatic rings. The summed E-state index contributed by atoms with van der Waals surface area (Å²) >= 11 is 0. The molecule has 0 aliphatic carbocycles. The van der Waals surface area contributed by atoms with E-state index in [0.717, 1.165) is 30.0 Å². The molecule has 0 N–H and O–H groups in total. The van der Waals surface area contributed by atoms with E-state index in [4.69, 9.17) is 9.26 Å². The smallest absolute Gasteiger partial charge is 0.231 e. The number of ether oxygens (including phenoxy) is 1. The van der Waals surface area contributed by atoms with Gasteiger partial charge in [-0.05, 0) is 61.2 Å². The van der Waals surface area contributed by atoms with E-state index in [9.17, 15) is 0 Å². The molecule has 2 heterocycles. The third-order valence-electron chi connectivity index (χ3n) is 4.80.